The molecular weight excluding hydrogens is 266 g/mol. The number of carbonyl (C=O) groups excluding carboxylic acids is 1. The molecule has 0 radical (unpaired) electrons. The van der Waals surface area contributed by atoms with E-state index in [-0.39, 0.29) is 5.91 Å². The fourth-order valence-electron chi connectivity index (χ4n) is 1.62. The van der Waals surface area contributed by atoms with Crippen LogP contribution < -0.4 is 0 Å². The van der Waals surface area contributed by atoms with Crippen molar-refractivity contribution < 1.29 is 17.4 Å². The quantitative estimate of drug-likeness (QED) is 0.744. The van der Waals surface area contributed by atoms with E-state index < -0.39 is 16.2 Å². The average molecular weight is 285 g/mol. The van der Waals surface area contributed by atoms with Gasteiger partial charge in [0.25, 0.3) is 10.1 Å². The van der Waals surface area contributed by atoms with Crippen molar-refractivity contribution in [1.29, 1.82) is 0 Å². The number of carbonyl (C=O) groups is 1. The SMILES string of the molecule is CC(=O)N(C)CCC(OS(C)(=O)=O)c1ccccc1. The van der Waals surface area contributed by atoms with Gasteiger partial charge in [0, 0.05) is 20.5 Å². The summed E-state index contributed by atoms with van der Waals surface area (Å²) in [5.74, 6) is -0.0637. The fraction of sp³-hybridized carbons (Fsp3) is 0.462. The fourth-order valence-corrected chi connectivity index (χ4v) is 2.25. The molecule has 0 bridgehead atoms. The first-order chi connectivity index (χ1) is 8.79. The molecule has 1 unspecified atom stereocenters. The minimum absolute atomic E-state index is 0.0637. The summed E-state index contributed by atoms with van der Waals surface area (Å²) in [4.78, 5) is 12.7. The van der Waals surface area contributed by atoms with Gasteiger partial charge in [0.2, 0.25) is 5.91 Å². The van der Waals surface area contributed by atoms with Crippen LogP contribution in [0, 0.1) is 0 Å². The molecule has 19 heavy (non-hydrogen) atoms. The van der Waals surface area contributed by atoms with Crippen LogP contribution in [-0.2, 0) is 19.1 Å². The van der Waals surface area contributed by atoms with E-state index in [2.05, 4.69) is 0 Å². The van der Waals surface area contributed by atoms with Crippen LogP contribution in [0.3, 0.4) is 0 Å². The second-order valence-corrected chi connectivity index (χ2v) is 6.03. The molecule has 5 nitrogen and oxygen atoms in total. The molecule has 0 N–H and O–H groups in total. The van der Waals surface area contributed by atoms with Crippen LogP contribution in [0.2, 0.25) is 0 Å². The average Bonchev–Trinajstić information content (AvgIpc) is 2.33. The maximum atomic E-state index is 11.3. The van der Waals surface area contributed by atoms with Crippen LogP contribution in [0.25, 0.3) is 0 Å². The molecule has 0 fully saturated rings. The van der Waals surface area contributed by atoms with Crippen molar-refractivity contribution >= 4 is 16.0 Å². The third-order valence-electron chi connectivity index (χ3n) is 2.73. The van der Waals surface area contributed by atoms with Gasteiger partial charge in [0.1, 0.15) is 6.10 Å². The van der Waals surface area contributed by atoms with Crippen LogP contribution in [0.15, 0.2) is 30.3 Å². The van der Waals surface area contributed by atoms with Gasteiger partial charge in [-0.1, -0.05) is 30.3 Å². The highest BCUT2D eigenvalue weighted by atomic mass is 32.2. The van der Waals surface area contributed by atoms with Crippen molar-refractivity contribution in [3.8, 4) is 0 Å². The van der Waals surface area contributed by atoms with Crippen LogP contribution in [-0.4, -0.2) is 39.1 Å². The highest BCUT2D eigenvalue weighted by Gasteiger charge is 2.18. The number of nitrogens with zero attached hydrogens (tertiary/aromatic N) is 1. The molecule has 0 saturated heterocycles. The van der Waals surface area contributed by atoms with E-state index in [0.717, 1.165) is 11.8 Å². The molecule has 1 rings (SSSR count). The summed E-state index contributed by atoms with van der Waals surface area (Å²) >= 11 is 0. The maximum absolute atomic E-state index is 11.3. The van der Waals surface area contributed by atoms with Crippen molar-refractivity contribution in [3.63, 3.8) is 0 Å². The van der Waals surface area contributed by atoms with Gasteiger partial charge in [-0.05, 0) is 12.0 Å². The predicted molar refractivity (Wildman–Crippen MR) is 73.0 cm³/mol. The normalized spacial score (nSPS) is 13.0. The topological polar surface area (TPSA) is 63.7 Å². The van der Waals surface area contributed by atoms with Gasteiger partial charge >= 0.3 is 0 Å². The van der Waals surface area contributed by atoms with E-state index in [1.807, 2.05) is 30.3 Å². The summed E-state index contributed by atoms with van der Waals surface area (Å²) in [5, 5.41) is 0. The van der Waals surface area contributed by atoms with Crippen molar-refractivity contribution in [1.82, 2.24) is 4.90 Å². The lowest BCUT2D eigenvalue weighted by atomic mass is 10.1. The zero-order valence-electron chi connectivity index (χ0n) is 11.4. The van der Waals surface area contributed by atoms with E-state index in [9.17, 15) is 13.2 Å². The van der Waals surface area contributed by atoms with Crippen molar-refractivity contribution in [2.24, 2.45) is 0 Å². The van der Waals surface area contributed by atoms with Crippen LogP contribution in [0.5, 0.6) is 0 Å². The third kappa shape index (κ3) is 5.85. The molecule has 6 heteroatoms. The minimum Gasteiger partial charge on any atom is -0.346 e. The summed E-state index contributed by atoms with van der Waals surface area (Å²) in [6.07, 6.45) is 0.878. The summed E-state index contributed by atoms with van der Waals surface area (Å²) < 4.78 is 27.7. The van der Waals surface area contributed by atoms with Crippen molar-refractivity contribution in [2.45, 2.75) is 19.4 Å². The smallest absolute Gasteiger partial charge is 0.264 e. The van der Waals surface area contributed by atoms with Crippen molar-refractivity contribution in [2.75, 3.05) is 19.8 Å². The van der Waals surface area contributed by atoms with E-state index in [0.29, 0.717) is 13.0 Å². The Labute approximate surface area is 114 Å². The monoisotopic (exact) mass is 285 g/mol. The Morgan fingerprint density at radius 3 is 2.37 bits per heavy atom. The molecule has 1 amide bonds. The second kappa shape index (κ2) is 6.68. The third-order valence-corrected chi connectivity index (χ3v) is 3.31. The van der Waals surface area contributed by atoms with E-state index in [1.165, 1.54) is 11.8 Å². The van der Waals surface area contributed by atoms with E-state index in [1.54, 1.807) is 7.05 Å². The maximum Gasteiger partial charge on any atom is 0.264 e. The summed E-state index contributed by atoms with van der Waals surface area (Å²) in [6, 6.07) is 9.11. The Bertz CT molecular complexity index is 513. The summed E-state index contributed by atoms with van der Waals surface area (Å²) in [6.45, 7) is 1.90. The zero-order chi connectivity index (χ0) is 14.5. The van der Waals surface area contributed by atoms with Gasteiger partial charge in [0.05, 0.1) is 6.26 Å². The first kappa shape index (κ1) is 15.7. The molecule has 1 aromatic carbocycles. The lowest BCUT2D eigenvalue weighted by Gasteiger charge is -2.20. The Balaban J connectivity index is 2.79. The summed E-state index contributed by atoms with van der Waals surface area (Å²) in [5.41, 5.74) is 0.782. The van der Waals surface area contributed by atoms with Crippen molar-refractivity contribution in [3.05, 3.63) is 35.9 Å². The van der Waals surface area contributed by atoms with Gasteiger partial charge in [-0.15, -0.1) is 0 Å². The Hall–Kier alpha value is -1.40. The van der Waals surface area contributed by atoms with Gasteiger partial charge in [-0.3, -0.25) is 8.98 Å². The highest BCUT2D eigenvalue weighted by Crippen LogP contribution is 2.23. The standard InChI is InChI=1S/C13H19NO4S/c1-11(15)14(2)10-9-13(18-19(3,16)17)12-7-5-4-6-8-12/h4-8,13H,9-10H2,1-3H3. The molecule has 0 aliphatic rings. The largest absolute Gasteiger partial charge is 0.346 e. The van der Waals surface area contributed by atoms with Gasteiger partial charge in [-0.25, -0.2) is 0 Å². The minimum atomic E-state index is -3.54. The van der Waals surface area contributed by atoms with Crippen LogP contribution >= 0.6 is 0 Å². The number of hydrogen-bond acceptors (Lipinski definition) is 4. The molecule has 0 spiro atoms. The molecule has 0 aliphatic heterocycles. The molecule has 0 heterocycles. The molecule has 1 atom stereocenters. The molecule has 1 aromatic rings. The predicted octanol–water partition coefficient (Wildman–Crippen LogP) is 1.57. The number of amides is 1. The number of benzene rings is 1. The highest BCUT2D eigenvalue weighted by molar-refractivity contribution is 7.86. The van der Waals surface area contributed by atoms with Gasteiger partial charge < -0.3 is 4.90 Å². The lowest BCUT2D eigenvalue weighted by Crippen LogP contribution is -2.27. The Kier molecular flexibility index (Phi) is 5.50. The van der Waals surface area contributed by atoms with E-state index >= 15 is 0 Å². The lowest BCUT2D eigenvalue weighted by molar-refractivity contribution is -0.127. The summed E-state index contributed by atoms with van der Waals surface area (Å²) in [7, 11) is -1.87. The first-order valence-corrected chi connectivity index (χ1v) is 7.76. The van der Waals surface area contributed by atoms with E-state index in [4.69, 9.17) is 4.18 Å². The zero-order valence-corrected chi connectivity index (χ0v) is 12.2. The second-order valence-electron chi connectivity index (χ2n) is 4.43. The van der Waals surface area contributed by atoms with Crippen LogP contribution in [0.4, 0.5) is 0 Å². The first-order valence-electron chi connectivity index (χ1n) is 5.94. The molecule has 106 valence electrons. The number of hydrogen-bond donors (Lipinski definition) is 0. The van der Waals surface area contributed by atoms with Crippen LogP contribution in [0.1, 0.15) is 25.0 Å². The Morgan fingerprint density at radius 1 is 1.32 bits per heavy atom. The molecule has 0 aliphatic carbocycles. The molecular formula is C13H19NO4S. The van der Waals surface area contributed by atoms with Gasteiger partial charge in [-0.2, -0.15) is 8.42 Å². The Morgan fingerprint density at radius 2 is 1.89 bits per heavy atom. The molecule has 0 aromatic heterocycles. The number of rotatable bonds is 6. The van der Waals surface area contributed by atoms with Gasteiger partial charge in [0.15, 0.2) is 0 Å². The molecule has 0 saturated carbocycles.